The Kier molecular flexibility index (Phi) is 5.29. The Morgan fingerprint density at radius 3 is 2.96 bits per heavy atom. The van der Waals surface area contributed by atoms with Gasteiger partial charge in [-0.15, -0.1) is 17.8 Å². The topological polar surface area (TPSA) is 34.4 Å². The maximum Gasteiger partial charge on any atom is 0.289 e. The second-order valence-electron chi connectivity index (χ2n) is 5.47. The third-order valence-corrected chi connectivity index (χ3v) is 5.64. The number of terminal acetylenes is 1. The minimum Gasteiger partial charge on any atom is -0.305 e. The van der Waals surface area contributed by atoms with Crippen molar-refractivity contribution >= 4 is 38.8 Å². The van der Waals surface area contributed by atoms with E-state index >= 15 is 0 Å². The number of amides is 1. The molecule has 0 atom stereocenters. The molecule has 2 heterocycles. The van der Waals surface area contributed by atoms with Crippen LogP contribution in [0.25, 0.3) is 10.2 Å². The number of thiophene rings is 1. The van der Waals surface area contributed by atoms with Gasteiger partial charge in [0, 0.05) is 0 Å². The van der Waals surface area contributed by atoms with Gasteiger partial charge < -0.3 is 4.57 Å². The molecule has 0 fully saturated rings. The second-order valence-corrected chi connectivity index (χ2v) is 7.43. The zero-order valence-electron chi connectivity index (χ0n) is 13.5. The molecular weight excluding hydrogens is 336 g/mol. The van der Waals surface area contributed by atoms with Crippen molar-refractivity contribution < 1.29 is 4.79 Å². The van der Waals surface area contributed by atoms with Crippen molar-refractivity contribution in [3.8, 4) is 12.3 Å². The molecule has 2 aromatic heterocycles. The van der Waals surface area contributed by atoms with Crippen molar-refractivity contribution in [1.29, 1.82) is 0 Å². The fourth-order valence-corrected chi connectivity index (χ4v) is 4.22. The zero-order valence-corrected chi connectivity index (χ0v) is 15.1. The highest BCUT2D eigenvalue weighted by atomic mass is 32.1. The summed E-state index contributed by atoms with van der Waals surface area (Å²) >= 11 is 2.92. The molecule has 3 aromatic rings. The van der Waals surface area contributed by atoms with Gasteiger partial charge in [-0.3, -0.25) is 4.79 Å². The van der Waals surface area contributed by atoms with Gasteiger partial charge in [0.25, 0.3) is 5.91 Å². The van der Waals surface area contributed by atoms with Crippen LogP contribution in [-0.2, 0) is 13.0 Å². The van der Waals surface area contributed by atoms with E-state index in [4.69, 9.17) is 6.42 Å². The number of hydrogen-bond donors (Lipinski definition) is 0. The fourth-order valence-electron chi connectivity index (χ4n) is 2.53. The van der Waals surface area contributed by atoms with Crippen LogP contribution in [-0.4, -0.2) is 10.5 Å². The number of aryl methyl sites for hydroxylation is 1. The van der Waals surface area contributed by atoms with Gasteiger partial charge in [-0.2, -0.15) is 4.99 Å². The van der Waals surface area contributed by atoms with Crippen molar-refractivity contribution in [2.45, 2.75) is 32.7 Å². The third kappa shape index (κ3) is 3.50. The first-order valence-electron chi connectivity index (χ1n) is 7.91. The number of rotatable bonds is 5. The van der Waals surface area contributed by atoms with E-state index in [2.05, 4.69) is 36.0 Å². The summed E-state index contributed by atoms with van der Waals surface area (Å²) in [5.41, 5.74) is 2.35. The summed E-state index contributed by atoms with van der Waals surface area (Å²) < 4.78 is 3.06. The molecule has 0 radical (unpaired) electrons. The summed E-state index contributed by atoms with van der Waals surface area (Å²) in [6.07, 6.45) is 8.93. The molecule has 1 amide bonds. The number of nitrogens with zero attached hydrogens (tertiary/aromatic N) is 2. The van der Waals surface area contributed by atoms with Crippen LogP contribution in [0.2, 0.25) is 0 Å². The Labute approximate surface area is 149 Å². The van der Waals surface area contributed by atoms with E-state index in [1.165, 1.54) is 41.1 Å². The van der Waals surface area contributed by atoms with Crippen LogP contribution in [0, 0.1) is 12.3 Å². The monoisotopic (exact) mass is 354 g/mol. The quantitative estimate of drug-likeness (QED) is 0.622. The van der Waals surface area contributed by atoms with Gasteiger partial charge in [0.1, 0.15) is 0 Å². The van der Waals surface area contributed by atoms with Crippen LogP contribution in [0.3, 0.4) is 0 Å². The number of hydrogen-bond acceptors (Lipinski definition) is 3. The minimum absolute atomic E-state index is 0.214. The first-order valence-corrected chi connectivity index (χ1v) is 9.61. The Morgan fingerprint density at radius 2 is 2.25 bits per heavy atom. The van der Waals surface area contributed by atoms with Crippen molar-refractivity contribution in [2.24, 2.45) is 4.99 Å². The lowest BCUT2D eigenvalue weighted by molar-refractivity contribution is 0.100. The average molecular weight is 355 g/mol. The van der Waals surface area contributed by atoms with E-state index in [0.29, 0.717) is 16.2 Å². The molecule has 24 heavy (non-hydrogen) atoms. The summed E-state index contributed by atoms with van der Waals surface area (Å²) in [6, 6.07) is 10.1. The standard InChI is InChI=1S/C19H18N2OS2/c1-3-5-7-14-9-10-15-17(13-14)24-19(21(15)11-4-2)20-18(22)16-8-6-12-23-16/h2,6,8-10,12-13H,3,5,7,11H2,1H3. The Bertz CT molecular complexity index is 956. The van der Waals surface area contributed by atoms with E-state index in [0.717, 1.165) is 16.6 Å². The van der Waals surface area contributed by atoms with Crippen molar-refractivity contribution in [1.82, 2.24) is 4.57 Å². The Balaban J connectivity index is 2.07. The SMILES string of the molecule is C#CCn1c(=NC(=O)c2cccs2)sc2cc(CCCC)ccc21. The van der Waals surface area contributed by atoms with Crippen molar-refractivity contribution in [3.63, 3.8) is 0 Å². The molecule has 0 saturated carbocycles. The van der Waals surface area contributed by atoms with Gasteiger partial charge >= 0.3 is 0 Å². The van der Waals surface area contributed by atoms with E-state index in [-0.39, 0.29) is 5.91 Å². The predicted molar refractivity (Wildman–Crippen MR) is 101 cm³/mol. The van der Waals surface area contributed by atoms with Gasteiger partial charge in [0.05, 0.1) is 21.6 Å². The Morgan fingerprint density at radius 1 is 1.38 bits per heavy atom. The fraction of sp³-hybridized carbons (Fsp3) is 0.263. The molecule has 5 heteroatoms. The number of fused-ring (bicyclic) bond motifs is 1. The van der Waals surface area contributed by atoms with Crippen molar-refractivity contribution in [2.75, 3.05) is 0 Å². The maximum atomic E-state index is 12.3. The lowest BCUT2D eigenvalue weighted by Gasteiger charge is -2.02. The third-order valence-electron chi connectivity index (χ3n) is 3.74. The van der Waals surface area contributed by atoms with E-state index < -0.39 is 0 Å². The lowest BCUT2D eigenvalue weighted by atomic mass is 10.1. The first-order chi connectivity index (χ1) is 11.7. The smallest absolute Gasteiger partial charge is 0.289 e. The van der Waals surface area contributed by atoms with Gasteiger partial charge in [0.15, 0.2) is 4.80 Å². The van der Waals surface area contributed by atoms with Gasteiger partial charge in [-0.25, -0.2) is 0 Å². The van der Waals surface area contributed by atoms with Crippen LogP contribution in [0.5, 0.6) is 0 Å². The van der Waals surface area contributed by atoms with Gasteiger partial charge in [-0.1, -0.05) is 42.7 Å². The number of carbonyl (C=O) groups excluding carboxylic acids is 1. The summed E-state index contributed by atoms with van der Waals surface area (Å²) in [5.74, 6) is 2.45. The summed E-state index contributed by atoms with van der Waals surface area (Å²) in [7, 11) is 0. The molecule has 0 unspecified atom stereocenters. The van der Waals surface area contributed by atoms with Crippen LogP contribution in [0.4, 0.5) is 0 Å². The van der Waals surface area contributed by atoms with E-state index in [1.807, 2.05) is 16.0 Å². The second kappa shape index (κ2) is 7.61. The number of unbranched alkanes of at least 4 members (excludes halogenated alkanes) is 1. The summed E-state index contributed by atoms with van der Waals surface area (Å²) in [6.45, 7) is 2.60. The molecule has 0 spiro atoms. The molecule has 0 aliphatic heterocycles. The number of aromatic nitrogens is 1. The van der Waals surface area contributed by atoms with Gasteiger partial charge in [0.2, 0.25) is 0 Å². The minimum atomic E-state index is -0.214. The molecule has 0 saturated heterocycles. The molecule has 0 aliphatic carbocycles. The summed E-state index contributed by atoms with van der Waals surface area (Å²) in [4.78, 5) is 17.9. The maximum absolute atomic E-state index is 12.3. The van der Waals surface area contributed by atoms with Crippen LogP contribution in [0.15, 0.2) is 40.7 Å². The molecule has 3 nitrogen and oxygen atoms in total. The van der Waals surface area contributed by atoms with Crippen LogP contribution in [0.1, 0.15) is 35.0 Å². The van der Waals surface area contributed by atoms with E-state index in [1.54, 1.807) is 6.07 Å². The highest BCUT2D eigenvalue weighted by Crippen LogP contribution is 2.20. The van der Waals surface area contributed by atoms with E-state index in [9.17, 15) is 4.79 Å². The molecule has 0 aliphatic rings. The molecule has 1 aromatic carbocycles. The average Bonchev–Trinajstić information content (AvgIpc) is 3.22. The first kappa shape index (κ1) is 16.7. The number of carbonyl (C=O) groups is 1. The highest BCUT2D eigenvalue weighted by molar-refractivity contribution is 7.16. The normalized spacial score (nSPS) is 11.8. The number of benzene rings is 1. The van der Waals surface area contributed by atoms with Crippen LogP contribution < -0.4 is 4.80 Å². The molecule has 0 bridgehead atoms. The van der Waals surface area contributed by atoms with Gasteiger partial charge in [-0.05, 0) is 42.0 Å². The van der Waals surface area contributed by atoms with Crippen LogP contribution >= 0.6 is 22.7 Å². The molecule has 122 valence electrons. The highest BCUT2D eigenvalue weighted by Gasteiger charge is 2.10. The molecular formula is C19H18N2OS2. The lowest BCUT2D eigenvalue weighted by Crippen LogP contribution is -2.16. The number of thiazole rings is 1. The van der Waals surface area contributed by atoms with Crippen molar-refractivity contribution in [3.05, 3.63) is 51.0 Å². The molecule has 3 rings (SSSR count). The zero-order chi connectivity index (χ0) is 16.9. The largest absolute Gasteiger partial charge is 0.305 e. The predicted octanol–water partition coefficient (Wildman–Crippen LogP) is 4.48. The summed E-state index contributed by atoms with van der Waals surface area (Å²) in [5, 5.41) is 1.88. The molecule has 0 N–H and O–H groups in total. The Hall–Kier alpha value is -2.16.